The average molecular weight is 192 g/mol. The highest BCUT2D eigenvalue weighted by atomic mass is 14.7. The molecule has 1 unspecified atom stereocenters. The second kappa shape index (κ2) is 5.11. The van der Waals surface area contributed by atoms with Crippen LogP contribution in [0.5, 0.6) is 0 Å². The molecule has 0 saturated heterocycles. The Morgan fingerprint density at radius 1 is 1.43 bits per heavy atom. The van der Waals surface area contributed by atoms with Gasteiger partial charge in [0.15, 0.2) is 0 Å². The van der Waals surface area contributed by atoms with Crippen LogP contribution in [-0.2, 0) is 6.42 Å². The fourth-order valence-electron chi connectivity index (χ4n) is 1.79. The van der Waals surface area contributed by atoms with Crippen molar-refractivity contribution in [3.05, 3.63) is 29.1 Å². The van der Waals surface area contributed by atoms with E-state index < -0.39 is 0 Å². The van der Waals surface area contributed by atoms with Gasteiger partial charge in [0.2, 0.25) is 0 Å². The van der Waals surface area contributed by atoms with Gasteiger partial charge in [0.1, 0.15) is 0 Å². The molecular formula is C12H20N2. The predicted octanol–water partition coefficient (Wildman–Crippen LogP) is 2.75. The lowest BCUT2D eigenvalue weighted by molar-refractivity contribution is 0.559. The van der Waals surface area contributed by atoms with Crippen LogP contribution >= 0.6 is 0 Å². The Bertz CT molecular complexity index is 294. The number of nitrogens with zero attached hydrogens (tertiary/aromatic N) is 1. The Kier molecular flexibility index (Phi) is 4.08. The SMILES string of the molecule is CC.Cc1cnc2c(c1)C(N)CCC2. The molecule has 0 amide bonds. The number of pyridine rings is 1. The lowest BCUT2D eigenvalue weighted by atomic mass is 9.91. The molecule has 78 valence electrons. The van der Waals surface area contributed by atoms with Gasteiger partial charge in [-0.3, -0.25) is 4.98 Å². The van der Waals surface area contributed by atoms with Gasteiger partial charge in [-0.25, -0.2) is 0 Å². The van der Waals surface area contributed by atoms with E-state index in [9.17, 15) is 0 Å². The van der Waals surface area contributed by atoms with Crippen molar-refractivity contribution in [2.24, 2.45) is 5.73 Å². The summed E-state index contributed by atoms with van der Waals surface area (Å²) >= 11 is 0. The van der Waals surface area contributed by atoms with Crippen LogP contribution in [-0.4, -0.2) is 4.98 Å². The van der Waals surface area contributed by atoms with Gasteiger partial charge in [0, 0.05) is 17.9 Å². The molecule has 1 aromatic heterocycles. The van der Waals surface area contributed by atoms with E-state index in [1.165, 1.54) is 23.2 Å². The molecule has 1 aromatic rings. The molecule has 0 saturated carbocycles. The van der Waals surface area contributed by atoms with Crippen LogP contribution in [0.25, 0.3) is 0 Å². The van der Waals surface area contributed by atoms with Crippen LogP contribution < -0.4 is 5.73 Å². The molecule has 0 aliphatic heterocycles. The van der Waals surface area contributed by atoms with Crippen LogP contribution in [0.3, 0.4) is 0 Å². The van der Waals surface area contributed by atoms with Crippen LogP contribution in [0.2, 0.25) is 0 Å². The largest absolute Gasteiger partial charge is 0.324 e. The van der Waals surface area contributed by atoms with Crippen molar-refractivity contribution in [1.82, 2.24) is 4.98 Å². The lowest BCUT2D eigenvalue weighted by Gasteiger charge is -2.21. The van der Waals surface area contributed by atoms with Gasteiger partial charge in [0.05, 0.1) is 0 Å². The number of rotatable bonds is 0. The summed E-state index contributed by atoms with van der Waals surface area (Å²) in [5.41, 5.74) is 9.66. The van der Waals surface area contributed by atoms with Crippen LogP contribution in [0, 0.1) is 6.92 Å². The van der Waals surface area contributed by atoms with Crippen LogP contribution in [0.4, 0.5) is 0 Å². The van der Waals surface area contributed by atoms with Crippen molar-refractivity contribution in [2.45, 2.75) is 46.1 Å². The second-order valence-electron chi connectivity index (χ2n) is 3.55. The minimum absolute atomic E-state index is 0.223. The summed E-state index contributed by atoms with van der Waals surface area (Å²) in [6.45, 7) is 6.06. The molecule has 0 aromatic carbocycles. The second-order valence-corrected chi connectivity index (χ2v) is 3.55. The minimum atomic E-state index is 0.223. The first-order valence-electron chi connectivity index (χ1n) is 5.48. The van der Waals surface area contributed by atoms with Gasteiger partial charge in [-0.1, -0.05) is 19.9 Å². The van der Waals surface area contributed by atoms with Crippen LogP contribution in [0.15, 0.2) is 12.3 Å². The van der Waals surface area contributed by atoms with E-state index in [1.807, 2.05) is 20.0 Å². The van der Waals surface area contributed by atoms with E-state index in [-0.39, 0.29) is 6.04 Å². The van der Waals surface area contributed by atoms with Crippen molar-refractivity contribution in [1.29, 1.82) is 0 Å². The normalized spacial score (nSPS) is 19.3. The Morgan fingerprint density at radius 3 is 2.86 bits per heavy atom. The molecule has 0 radical (unpaired) electrons. The Morgan fingerprint density at radius 2 is 2.14 bits per heavy atom. The molecule has 1 aliphatic rings. The number of fused-ring (bicyclic) bond motifs is 1. The molecular weight excluding hydrogens is 172 g/mol. The first kappa shape index (κ1) is 11.2. The van der Waals surface area contributed by atoms with E-state index >= 15 is 0 Å². The van der Waals surface area contributed by atoms with Gasteiger partial charge < -0.3 is 5.73 Å². The number of nitrogens with two attached hydrogens (primary N) is 1. The van der Waals surface area contributed by atoms with E-state index in [0.29, 0.717) is 0 Å². The zero-order valence-corrected chi connectivity index (χ0v) is 9.38. The zero-order chi connectivity index (χ0) is 10.6. The standard InChI is InChI=1S/C10H14N2.C2H6/c1-7-5-8-9(11)3-2-4-10(8)12-6-7;1-2/h5-6,9H,2-4,11H2,1H3;1-2H3. The number of hydrogen-bond donors (Lipinski definition) is 1. The average Bonchev–Trinajstić information content (AvgIpc) is 2.22. The van der Waals surface area contributed by atoms with E-state index in [4.69, 9.17) is 5.73 Å². The maximum absolute atomic E-state index is 5.98. The van der Waals surface area contributed by atoms with E-state index in [2.05, 4.69) is 18.0 Å². The van der Waals surface area contributed by atoms with Gasteiger partial charge in [-0.2, -0.15) is 0 Å². The third kappa shape index (κ3) is 2.32. The topological polar surface area (TPSA) is 38.9 Å². The highest BCUT2D eigenvalue weighted by Gasteiger charge is 2.17. The minimum Gasteiger partial charge on any atom is -0.324 e. The third-order valence-electron chi connectivity index (χ3n) is 2.47. The van der Waals surface area contributed by atoms with Crippen molar-refractivity contribution < 1.29 is 0 Å². The van der Waals surface area contributed by atoms with Crippen molar-refractivity contribution in [3.63, 3.8) is 0 Å². The predicted molar refractivity (Wildman–Crippen MR) is 60.2 cm³/mol. The van der Waals surface area contributed by atoms with Gasteiger partial charge in [0.25, 0.3) is 0 Å². The summed E-state index contributed by atoms with van der Waals surface area (Å²) in [5.74, 6) is 0. The first-order valence-corrected chi connectivity index (χ1v) is 5.48. The monoisotopic (exact) mass is 192 g/mol. The van der Waals surface area contributed by atoms with Crippen molar-refractivity contribution >= 4 is 0 Å². The summed E-state index contributed by atoms with van der Waals surface area (Å²) in [5, 5.41) is 0. The van der Waals surface area contributed by atoms with Crippen LogP contribution in [0.1, 0.15) is 49.6 Å². The summed E-state index contributed by atoms with van der Waals surface area (Å²) in [7, 11) is 0. The molecule has 1 atom stereocenters. The Hall–Kier alpha value is -0.890. The lowest BCUT2D eigenvalue weighted by Crippen LogP contribution is -2.18. The highest BCUT2D eigenvalue weighted by molar-refractivity contribution is 5.29. The molecule has 2 N–H and O–H groups in total. The smallest absolute Gasteiger partial charge is 0.0451 e. The maximum Gasteiger partial charge on any atom is 0.0451 e. The quantitative estimate of drug-likeness (QED) is 0.686. The molecule has 2 rings (SSSR count). The number of hydrogen-bond acceptors (Lipinski definition) is 2. The fraction of sp³-hybridized carbons (Fsp3) is 0.583. The number of aromatic nitrogens is 1. The first-order chi connectivity index (χ1) is 6.77. The molecule has 0 spiro atoms. The molecule has 2 heteroatoms. The Labute approximate surface area is 86.5 Å². The molecule has 2 nitrogen and oxygen atoms in total. The van der Waals surface area contributed by atoms with Gasteiger partial charge in [-0.15, -0.1) is 0 Å². The number of aryl methyl sites for hydroxylation is 2. The molecule has 1 heterocycles. The Balaban J connectivity index is 0.000000461. The summed E-state index contributed by atoms with van der Waals surface area (Å²) in [6, 6.07) is 2.40. The summed E-state index contributed by atoms with van der Waals surface area (Å²) in [4.78, 5) is 4.39. The highest BCUT2D eigenvalue weighted by Crippen LogP contribution is 2.26. The fourth-order valence-corrected chi connectivity index (χ4v) is 1.79. The van der Waals surface area contributed by atoms with Crippen molar-refractivity contribution in [2.75, 3.05) is 0 Å². The maximum atomic E-state index is 5.98. The molecule has 0 fully saturated rings. The van der Waals surface area contributed by atoms with Gasteiger partial charge >= 0.3 is 0 Å². The summed E-state index contributed by atoms with van der Waals surface area (Å²) < 4.78 is 0. The molecule has 1 aliphatic carbocycles. The molecule has 0 bridgehead atoms. The van der Waals surface area contributed by atoms with Crippen molar-refractivity contribution in [3.8, 4) is 0 Å². The molecule has 14 heavy (non-hydrogen) atoms. The van der Waals surface area contributed by atoms with Gasteiger partial charge in [-0.05, 0) is 37.3 Å². The summed E-state index contributed by atoms with van der Waals surface area (Å²) in [6.07, 6.45) is 5.32. The third-order valence-corrected chi connectivity index (χ3v) is 2.47. The van der Waals surface area contributed by atoms with E-state index in [0.717, 1.165) is 12.8 Å². The zero-order valence-electron chi connectivity index (χ0n) is 9.38. The van der Waals surface area contributed by atoms with E-state index in [1.54, 1.807) is 0 Å².